The summed E-state index contributed by atoms with van der Waals surface area (Å²) in [6.07, 6.45) is -0.0393. The van der Waals surface area contributed by atoms with Gasteiger partial charge in [-0.1, -0.05) is 6.07 Å². The van der Waals surface area contributed by atoms with E-state index in [0.29, 0.717) is 31.9 Å². The topological polar surface area (TPSA) is 117 Å². The lowest BCUT2D eigenvalue weighted by molar-refractivity contribution is -0.125. The molecule has 4 rings (SSSR count). The van der Waals surface area contributed by atoms with E-state index in [4.69, 9.17) is 4.74 Å². The molecule has 0 saturated carbocycles. The van der Waals surface area contributed by atoms with Gasteiger partial charge in [0, 0.05) is 47.1 Å². The number of rotatable bonds is 8. The van der Waals surface area contributed by atoms with Crippen LogP contribution in [0.5, 0.6) is 0 Å². The monoisotopic (exact) mass is 484 g/mol. The molecule has 3 aromatic rings. The van der Waals surface area contributed by atoms with E-state index >= 15 is 0 Å². The summed E-state index contributed by atoms with van der Waals surface area (Å²) in [5.74, 6) is -1.53. The Hall–Kier alpha value is -3.83. The summed E-state index contributed by atoms with van der Waals surface area (Å²) in [5.41, 5.74) is 1.47. The number of fused-ring (bicyclic) bond motifs is 1. The third-order valence-electron chi connectivity index (χ3n) is 5.18. The number of benzene rings is 2. The van der Waals surface area contributed by atoms with Crippen LogP contribution < -0.4 is 16.0 Å². The summed E-state index contributed by atoms with van der Waals surface area (Å²) in [5, 5.41) is 8.24. The molecule has 0 aliphatic carbocycles. The smallest absolute Gasteiger partial charge is 0.324 e. The SMILES string of the molecule is COCc1c(C(=O)Nc2ccc(NC(=O)CCN3C(=O)CNC3=O)cc2)sc2cccc(F)c12. The molecule has 9 nitrogen and oxygen atoms in total. The predicted octanol–water partition coefficient (Wildman–Crippen LogP) is 3.32. The lowest BCUT2D eigenvalue weighted by Gasteiger charge is -2.12. The van der Waals surface area contributed by atoms with E-state index in [2.05, 4.69) is 16.0 Å². The van der Waals surface area contributed by atoms with Crippen LogP contribution in [0, 0.1) is 5.82 Å². The van der Waals surface area contributed by atoms with Crippen molar-refractivity contribution >= 4 is 56.6 Å². The van der Waals surface area contributed by atoms with E-state index in [1.54, 1.807) is 36.4 Å². The van der Waals surface area contributed by atoms with Gasteiger partial charge in [-0.05, 0) is 36.4 Å². The number of carbonyl (C=O) groups is 4. The summed E-state index contributed by atoms with van der Waals surface area (Å²) in [4.78, 5) is 49.5. The Morgan fingerprint density at radius 2 is 1.82 bits per heavy atom. The van der Waals surface area contributed by atoms with Crippen molar-refractivity contribution in [1.82, 2.24) is 10.2 Å². The maximum Gasteiger partial charge on any atom is 0.324 e. The van der Waals surface area contributed by atoms with Crippen LogP contribution in [0.25, 0.3) is 10.1 Å². The average Bonchev–Trinajstić information content (AvgIpc) is 3.34. The highest BCUT2D eigenvalue weighted by Gasteiger charge is 2.28. The van der Waals surface area contributed by atoms with Crippen LogP contribution >= 0.6 is 11.3 Å². The van der Waals surface area contributed by atoms with Gasteiger partial charge in [0.1, 0.15) is 5.82 Å². The number of anilines is 2. The first-order chi connectivity index (χ1) is 16.4. The largest absolute Gasteiger partial charge is 0.380 e. The molecule has 5 amide bonds. The normalized spacial score (nSPS) is 13.3. The number of ether oxygens (including phenoxy) is 1. The summed E-state index contributed by atoms with van der Waals surface area (Å²) >= 11 is 1.19. The minimum absolute atomic E-state index is 0.00971. The minimum atomic E-state index is -0.507. The maximum atomic E-state index is 14.3. The molecule has 3 N–H and O–H groups in total. The second kappa shape index (κ2) is 9.98. The van der Waals surface area contributed by atoms with Crippen LogP contribution in [-0.4, -0.2) is 48.9 Å². The lowest BCUT2D eigenvalue weighted by atomic mass is 10.1. The highest BCUT2D eigenvalue weighted by Crippen LogP contribution is 2.34. The molecule has 34 heavy (non-hydrogen) atoms. The van der Waals surface area contributed by atoms with Crippen LogP contribution in [0.2, 0.25) is 0 Å². The van der Waals surface area contributed by atoms with Crippen LogP contribution in [0.1, 0.15) is 21.7 Å². The molecule has 0 bridgehead atoms. The van der Waals surface area contributed by atoms with Gasteiger partial charge in [0.15, 0.2) is 0 Å². The zero-order valence-electron chi connectivity index (χ0n) is 18.1. The van der Waals surface area contributed by atoms with E-state index < -0.39 is 17.8 Å². The third-order valence-corrected chi connectivity index (χ3v) is 6.38. The molecule has 11 heteroatoms. The summed E-state index contributed by atoms with van der Waals surface area (Å²) in [6.45, 7) is 0.0284. The van der Waals surface area contributed by atoms with Gasteiger partial charge in [0.25, 0.3) is 5.91 Å². The van der Waals surface area contributed by atoms with E-state index in [9.17, 15) is 23.6 Å². The first kappa shape index (κ1) is 23.3. The first-order valence-electron chi connectivity index (χ1n) is 10.4. The van der Waals surface area contributed by atoms with Crippen LogP contribution in [0.15, 0.2) is 42.5 Å². The van der Waals surface area contributed by atoms with Crippen molar-refractivity contribution in [2.24, 2.45) is 0 Å². The summed E-state index contributed by atoms with van der Waals surface area (Å²) in [7, 11) is 1.48. The number of imide groups is 1. The molecule has 1 fully saturated rings. The molecule has 2 aromatic carbocycles. The number of carbonyl (C=O) groups excluding carboxylic acids is 4. The molecule has 1 aliphatic heterocycles. The third kappa shape index (κ3) is 4.90. The van der Waals surface area contributed by atoms with Crippen molar-refractivity contribution < 1.29 is 28.3 Å². The van der Waals surface area contributed by atoms with Crippen molar-refractivity contribution in [3.63, 3.8) is 0 Å². The Kier molecular flexibility index (Phi) is 6.85. The number of hydrogen-bond acceptors (Lipinski definition) is 6. The molecule has 0 spiro atoms. The average molecular weight is 485 g/mol. The zero-order chi connectivity index (χ0) is 24.2. The van der Waals surface area contributed by atoms with Gasteiger partial charge in [0.05, 0.1) is 18.0 Å². The van der Waals surface area contributed by atoms with Crippen molar-refractivity contribution in [3.05, 3.63) is 58.7 Å². The van der Waals surface area contributed by atoms with Crippen molar-refractivity contribution in [1.29, 1.82) is 0 Å². The number of nitrogens with one attached hydrogen (secondary N) is 3. The standard InChI is InChI=1S/C23H21FN4O5S/c1-33-12-15-20-16(24)3-2-4-17(20)34-21(15)22(31)27-14-7-5-13(6-8-14)26-18(29)9-10-28-19(30)11-25-23(28)32/h2-8H,9-12H2,1H3,(H,25,32)(H,26,29)(H,27,31). The minimum Gasteiger partial charge on any atom is -0.380 e. The Morgan fingerprint density at radius 3 is 2.47 bits per heavy atom. The molecule has 0 atom stereocenters. The molecule has 1 aromatic heterocycles. The number of amides is 5. The fourth-order valence-corrected chi connectivity index (χ4v) is 4.69. The fraction of sp³-hybridized carbons (Fsp3) is 0.217. The fourth-order valence-electron chi connectivity index (χ4n) is 3.58. The number of urea groups is 1. The zero-order valence-corrected chi connectivity index (χ0v) is 19.0. The second-order valence-corrected chi connectivity index (χ2v) is 8.54. The summed E-state index contributed by atoms with van der Waals surface area (Å²) < 4.78 is 20.2. The van der Waals surface area contributed by atoms with Gasteiger partial charge in [-0.15, -0.1) is 11.3 Å². The van der Waals surface area contributed by atoms with Gasteiger partial charge < -0.3 is 20.7 Å². The molecule has 1 aliphatic rings. The highest BCUT2D eigenvalue weighted by molar-refractivity contribution is 7.21. The molecule has 1 saturated heterocycles. The Morgan fingerprint density at radius 1 is 1.12 bits per heavy atom. The maximum absolute atomic E-state index is 14.3. The van der Waals surface area contributed by atoms with Crippen molar-refractivity contribution in [2.75, 3.05) is 30.8 Å². The quantitative estimate of drug-likeness (QED) is 0.424. The lowest BCUT2D eigenvalue weighted by Crippen LogP contribution is -2.33. The van der Waals surface area contributed by atoms with Gasteiger partial charge in [-0.3, -0.25) is 19.3 Å². The molecular weight excluding hydrogens is 463 g/mol. The number of methoxy groups -OCH3 is 1. The number of thiophene rings is 1. The number of halogens is 1. The van der Waals surface area contributed by atoms with E-state index in [1.807, 2.05) is 0 Å². The number of nitrogens with zero attached hydrogens (tertiary/aromatic N) is 1. The van der Waals surface area contributed by atoms with Crippen molar-refractivity contribution in [3.8, 4) is 0 Å². The predicted molar refractivity (Wildman–Crippen MR) is 125 cm³/mol. The van der Waals surface area contributed by atoms with Crippen molar-refractivity contribution in [2.45, 2.75) is 13.0 Å². The van der Waals surface area contributed by atoms with Gasteiger partial charge in [-0.2, -0.15) is 0 Å². The van der Waals surface area contributed by atoms with E-state index in [0.717, 1.165) is 4.90 Å². The summed E-state index contributed by atoms with van der Waals surface area (Å²) in [6, 6.07) is 10.7. The molecule has 176 valence electrons. The molecular formula is C23H21FN4O5S. The Bertz CT molecular complexity index is 1260. The van der Waals surface area contributed by atoms with Gasteiger partial charge in [0.2, 0.25) is 11.8 Å². The Labute approximate surface area is 197 Å². The van der Waals surface area contributed by atoms with Gasteiger partial charge >= 0.3 is 6.03 Å². The number of hydrogen-bond donors (Lipinski definition) is 3. The van der Waals surface area contributed by atoms with Crippen LogP contribution in [-0.2, 0) is 20.9 Å². The van der Waals surface area contributed by atoms with E-state index in [-0.39, 0.29) is 37.9 Å². The van der Waals surface area contributed by atoms with E-state index in [1.165, 1.54) is 24.5 Å². The first-order valence-corrected chi connectivity index (χ1v) is 11.2. The van der Waals surface area contributed by atoms with Crippen LogP contribution in [0.3, 0.4) is 0 Å². The molecule has 2 heterocycles. The van der Waals surface area contributed by atoms with Crippen LogP contribution in [0.4, 0.5) is 20.6 Å². The van der Waals surface area contributed by atoms with Gasteiger partial charge in [-0.25, -0.2) is 9.18 Å². The second-order valence-electron chi connectivity index (χ2n) is 7.49. The highest BCUT2D eigenvalue weighted by atomic mass is 32.1. The molecule has 0 radical (unpaired) electrons. The molecule has 0 unspecified atom stereocenters. The Balaban J connectivity index is 1.39.